The average molecular weight is 352 g/mol. The van der Waals surface area contributed by atoms with Gasteiger partial charge in [-0.2, -0.15) is 18.4 Å². The number of benzene rings is 2. The maximum Gasteiger partial charge on any atom is 0.418 e. The number of amidine groups is 1. The monoisotopic (exact) mass is 351 g/mol. The van der Waals surface area contributed by atoms with E-state index in [2.05, 4.69) is 4.99 Å². The zero-order chi connectivity index (χ0) is 16.7. The van der Waals surface area contributed by atoms with Crippen molar-refractivity contribution in [1.29, 1.82) is 5.26 Å². The second-order valence-corrected chi connectivity index (χ2v) is 5.38. The Morgan fingerprint density at radius 2 is 1.79 bits per heavy atom. The second kappa shape index (κ2) is 6.17. The molecule has 3 rings (SSSR count). The van der Waals surface area contributed by atoms with E-state index in [9.17, 15) is 13.2 Å². The Bertz CT molecular complexity index is 825. The van der Waals surface area contributed by atoms with Crippen LogP contribution in [0.2, 0.25) is 0 Å². The lowest BCUT2D eigenvalue weighted by Gasteiger charge is -2.36. The van der Waals surface area contributed by atoms with Gasteiger partial charge in [0.15, 0.2) is 5.54 Å². The molecule has 2 N–H and O–H groups in total. The van der Waals surface area contributed by atoms with Crippen molar-refractivity contribution in [1.82, 2.24) is 0 Å². The van der Waals surface area contributed by atoms with E-state index in [4.69, 9.17) is 11.0 Å². The van der Waals surface area contributed by atoms with Crippen LogP contribution in [0.5, 0.6) is 0 Å². The zero-order valence-corrected chi connectivity index (χ0v) is 13.2. The van der Waals surface area contributed by atoms with Crippen LogP contribution in [0.1, 0.15) is 22.3 Å². The molecule has 0 aromatic heterocycles. The van der Waals surface area contributed by atoms with Crippen LogP contribution in [-0.2, 0) is 12.0 Å². The fraction of sp³-hybridized carbons (Fsp3) is 0.176. The summed E-state index contributed by atoms with van der Waals surface area (Å²) in [6, 6.07) is 13.9. The summed E-state index contributed by atoms with van der Waals surface area (Å²) in [6.45, 7) is 0. The number of nitrogens with two attached hydrogens (primary N) is 1. The molecule has 1 atom stereocenters. The van der Waals surface area contributed by atoms with Crippen molar-refractivity contribution >= 4 is 18.2 Å². The first-order valence-electron chi connectivity index (χ1n) is 6.88. The van der Waals surface area contributed by atoms with Crippen molar-refractivity contribution in [3.63, 3.8) is 0 Å². The molecule has 2 aromatic carbocycles. The minimum atomic E-state index is -4.61. The molecule has 0 aliphatic carbocycles. The molecule has 0 bridgehead atoms. The molecule has 24 heavy (non-hydrogen) atoms. The molecule has 3 nitrogen and oxygen atoms in total. The Morgan fingerprint density at radius 1 is 1.12 bits per heavy atom. The van der Waals surface area contributed by atoms with E-state index in [-0.39, 0.29) is 30.2 Å². The first kappa shape index (κ1) is 17.8. The molecule has 0 spiro atoms. The van der Waals surface area contributed by atoms with Crippen LogP contribution in [0.15, 0.2) is 53.5 Å². The van der Waals surface area contributed by atoms with Gasteiger partial charge in [-0.3, -0.25) is 0 Å². The van der Waals surface area contributed by atoms with Crippen LogP contribution >= 0.6 is 12.4 Å². The van der Waals surface area contributed by atoms with Gasteiger partial charge < -0.3 is 5.73 Å². The summed E-state index contributed by atoms with van der Waals surface area (Å²) in [4.78, 5) is 3.84. The van der Waals surface area contributed by atoms with Crippen molar-refractivity contribution in [3.8, 4) is 6.07 Å². The molecule has 0 saturated heterocycles. The van der Waals surface area contributed by atoms with Crippen molar-refractivity contribution in [3.05, 3.63) is 70.8 Å². The van der Waals surface area contributed by atoms with Gasteiger partial charge in [0.1, 0.15) is 5.84 Å². The van der Waals surface area contributed by atoms with Gasteiger partial charge in [0.05, 0.1) is 11.6 Å². The number of nitriles is 1. The van der Waals surface area contributed by atoms with Crippen LogP contribution in [0.25, 0.3) is 0 Å². The molecule has 7 heteroatoms. The molecule has 0 fully saturated rings. The normalized spacial score (nSPS) is 19.5. The molecular formula is C17H13ClF3N3. The van der Waals surface area contributed by atoms with Gasteiger partial charge >= 0.3 is 6.18 Å². The summed E-state index contributed by atoms with van der Waals surface area (Å²) < 4.78 is 41.7. The Balaban J connectivity index is 0.00000208. The highest BCUT2D eigenvalue weighted by molar-refractivity contribution is 6.00. The van der Waals surface area contributed by atoms with Gasteiger partial charge in [-0.1, -0.05) is 30.3 Å². The van der Waals surface area contributed by atoms with Crippen molar-refractivity contribution in [2.24, 2.45) is 10.7 Å². The van der Waals surface area contributed by atoms with Gasteiger partial charge in [0.25, 0.3) is 0 Å². The SMILES string of the molecule is Cl.N#Cc1ccc2c(c1)CC(c1ccccc1)(C(F)(F)F)N=C2N. The van der Waals surface area contributed by atoms with Crippen LogP contribution in [-0.4, -0.2) is 12.0 Å². The molecule has 0 saturated carbocycles. The largest absolute Gasteiger partial charge is 0.418 e. The fourth-order valence-electron chi connectivity index (χ4n) is 2.85. The van der Waals surface area contributed by atoms with Crippen molar-refractivity contribution in [2.75, 3.05) is 0 Å². The molecule has 1 unspecified atom stereocenters. The lowest BCUT2D eigenvalue weighted by atomic mass is 9.79. The van der Waals surface area contributed by atoms with E-state index in [0.29, 0.717) is 16.7 Å². The number of rotatable bonds is 1. The molecule has 1 heterocycles. The summed E-state index contributed by atoms with van der Waals surface area (Å²) in [6.07, 6.45) is -4.99. The summed E-state index contributed by atoms with van der Waals surface area (Å²) in [5.74, 6) is -0.170. The molecule has 1 aliphatic heterocycles. The zero-order valence-electron chi connectivity index (χ0n) is 12.3. The van der Waals surface area contributed by atoms with Crippen LogP contribution in [0.4, 0.5) is 13.2 Å². The van der Waals surface area contributed by atoms with Crippen LogP contribution in [0.3, 0.4) is 0 Å². The molecular weight excluding hydrogens is 339 g/mol. The maximum atomic E-state index is 13.9. The lowest BCUT2D eigenvalue weighted by Crippen LogP contribution is -2.47. The van der Waals surface area contributed by atoms with Gasteiger partial charge in [0, 0.05) is 12.0 Å². The summed E-state index contributed by atoms with van der Waals surface area (Å²) in [7, 11) is 0. The van der Waals surface area contributed by atoms with Crippen LogP contribution in [0, 0.1) is 11.3 Å². The average Bonchev–Trinajstić information content (AvgIpc) is 2.53. The number of aliphatic imine (C=N–C) groups is 1. The van der Waals surface area contributed by atoms with E-state index in [1.54, 1.807) is 6.07 Å². The van der Waals surface area contributed by atoms with Gasteiger partial charge in [-0.05, 0) is 29.3 Å². The van der Waals surface area contributed by atoms with E-state index < -0.39 is 11.7 Å². The fourth-order valence-corrected chi connectivity index (χ4v) is 2.85. The quantitative estimate of drug-likeness (QED) is 0.851. The Labute approximate surface area is 143 Å². The predicted octanol–water partition coefficient (Wildman–Crippen LogP) is 3.70. The summed E-state index contributed by atoms with van der Waals surface area (Å²) in [5.41, 5.74) is 4.53. The Morgan fingerprint density at radius 3 is 2.38 bits per heavy atom. The smallest absolute Gasteiger partial charge is 0.383 e. The van der Waals surface area contributed by atoms with E-state index in [1.165, 1.54) is 42.5 Å². The number of fused-ring (bicyclic) bond motifs is 1. The highest BCUT2D eigenvalue weighted by Gasteiger charge is 2.57. The standard InChI is InChI=1S/C17H12F3N3.ClH/c18-17(19,20)16(13-4-2-1-3-5-13)9-12-8-11(10-21)6-7-14(12)15(22)23-16;/h1-8H,9H2,(H2,22,23);1H. The lowest BCUT2D eigenvalue weighted by molar-refractivity contribution is -0.189. The highest BCUT2D eigenvalue weighted by Crippen LogP contribution is 2.47. The number of hydrogen-bond acceptors (Lipinski definition) is 3. The van der Waals surface area contributed by atoms with Crippen LogP contribution < -0.4 is 5.73 Å². The predicted molar refractivity (Wildman–Crippen MR) is 87.0 cm³/mol. The van der Waals surface area contributed by atoms with E-state index in [1.807, 2.05) is 6.07 Å². The molecule has 0 radical (unpaired) electrons. The van der Waals surface area contributed by atoms with Crippen molar-refractivity contribution < 1.29 is 13.2 Å². The Hall–Kier alpha value is -2.52. The number of nitrogens with zero attached hydrogens (tertiary/aromatic N) is 2. The summed E-state index contributed by atoms with van der Waals surface area (Å²) in [5, 5.41) is 8.98. The number of hydrogen-bond donors (Lipinski definition) is 1. The molecule has 1 aliphatic rings. The Kier molecular flexibility index (Phi) is 4.59. The summed E-state index contributed by atoms with van der Waals surface area (Å²) >= 11 is 0. The number of halogens is 4. The van der Waals surface area contributed by atoms with Crippen molar-refractivity contribution in [2.45, 2.75) is 18.1 Å². The van der Waals surface area contributed by atoms with Gasteiger partial charge in [-0.15, -0.1) is 12.4 Å². The third-order valence-electron chi connectivity index (χ3n) is 3.99. The molecule has 0 amide bonds. The van der Waals surface area contributed by atoms with Gasteiger partial charge in [-0.25, -0.2) is 4.99 Å². The highest BCUT2D eigenvalue weighted by atomic mass is 35.5. The second-order valence-electron chi connectivity index (χ2n) is 5.38. The third-order valence-corrected chi connectivity index (χ3v) is 3.99. The number of alkyl halides is 3. The minimum Gasteiger partial charge on any atom is -0.383 e. The first-order chi connectivity index (χ1) is 10.9. The van der Waals surface area contributed by atoms with E-state index >= 15 is 0 Å². The minimum absolute atomic E-state index is 0. The van der Waals surface area contributed by atoms with Gasteiger partial charge in [0.2, 0.25) is 0 Å². The van der Waals surface area contributed by atoms with E-state index in [0.717, 1.165) is 0 Å². The maximum absolute atomic E-state index is 13.9. The first-order valence-corrected chi connectivity index (χ1v) is 6.88. The molecule has 124 valence electrons. The topological polar surface area (TPSA) is 62.2 Å². The third kappa shape index (κ3) is 2.72. The molecule has 2 aromatic rings.